The molecule has 1 atom stereocenters. The van der Waals surface area contributed by atoms with E-state index in [1.807, 2.05) is 29.8 Å². The zero-order valence-corrected chi connectivity index (χ0v) is 19.0. The van der Waals surface area contributed by atoms with E-state index in [4.69, 9.17) is 15.5 Å². The predicted octanol–water partition coefficient (Wildman–Crippen LogP) is 3.11. The van der Waals surface area contributed by atoms with Gasteiger partial charge in [0, 0.05) is 38.0 Å². The van der Waals surface area contributed by atoms with Gasteiger partial charge in [-0.05, 0) is 31.7 Å². The summed E-state index contributed by atoms with van der Waals surface area (Å²) < 4.78 is 7.64. The van der Waals surface area contributed by atoms with Crippen molar-refractivity contribution in [3.8, 4) is 5.88 Å². The molecule has 1 saturated carbocycles. The molecule has 0 aromatic carbocycles. The maximum Gasteiger partial charge on any atom is 0.289 e. The van der Waals surface area contributed by atoms with E-state index >= 15 is 0 Å². The maximum atomic E-state index is 11.1. The number of nitrogens with zero attached hydrogens (tertiary/aromatic N) is 5. The van der Waals surface area contributed by atoms with Crippen LogP contribution in [0.1, 0.15) is 69.2 Å². The van der Waals surface area contributed by atoms with E-state index in [2.05, 4.69) is 15.1 Å². The first-order valence-corrected chi connectivity index (χ1v) is 11.8. The van der Waals surface area contributed by atoms with Crippen molar-refractivity contribution >= 4 is 23.4 Å². The number of nitrogens with two attached hydrogens (primary N) is 1. The molecule has 2 aliphatic heterocycles. The van der Waals surface area contributed by atoms with E-state index in [1.54, 1.807) is 7.11 Å². The van der Waals surface area contributed by atoms with Crippen LogP contribution in [0.5, 0.6) is 5.88 Å². The Labute approximate surface area is 188 Å². The Morgan fingerprint density at radius 2 is 1.91 bits per heavy atom. The number of methoxy groups -OCH3 is 1. The number of rotatable bonds is 4. The van der Waals surface area contributed by atoms with Crippen molar-refractivity contribution in [3.05, 3.63) is 23.5 Å². The molecule has 1 saturated heterocycles. The highest BCUT2D eigenvalue weighted by atomic mass is 16.5. The van der Waals surface area contributed by atoms with Crippen molar-refractivity contribution < 1.29 is 14.5 Å². The molecule has 0 bridgehead atoms. The lowest BCUT2D eigenvalue weighted by Crippen LogP contribution is -2.42. The summed E-state index contributed by atoms with van der Waals surface area (Å²) in [6.07, 6.45) is 9.62. The van der Waals surface area contributed by atoms with Gasteiger partial charge in [0.2, 0.25) is 6.21 Å². The summed E-state index contributed by atoms with van der Waals surface area (Å²) in [5, 5.41) is 20.2. The van der Waals surface area contributed by atoms with Crippen molar-refractivity contribution in [2.24, 2.45) is 5.73 Å². The molecule has 2 aromatic rings. The van der Waals surface area contributed by atoms with Crippen molar-refractivity contribution in [2.75, 3.05) is 30.2 Å². The Bertz CT molecular complexity index is 990. The average molecular weight is 441 g/mol. The number of hydrogen-bond donors (Lipinski definition) is 3. The fourth-order valence-electron chi connectivity index (χ4n) is 5.26. The molecule has 0 radical (unpaired) electrons. The minimum absolute atomic E-state index is 0.272. The molecule has 4 heterocycles. The topological polar surface area (TPSA) is 107 Å². The van der Waals surface area contributed by atoms with Gasteiger partial charge >= 0.3 is 0 Å². The summed E-state index contributed by atoms with van der Waals surface area (Å²) in [5.74, 6) is 1.85. The summed E-state index contributed by atoms with van der Waals surface area (Å²) >= 11 is 0. The number of hydrogen-bond acceptors (Lipinski definition) is 7. The molecule has 0 spiro atoms. The van der Waals surface area contributed by atoms with Gasteiger partial charge in [-0.2, -0.15) is 19.7 Å². The number of aromatic amines is 1. The highest BCUT2D eigenvalue weighted by Gasteiger charge is 2.39. The fourth-order valence-corrected chi connectivity index (χ4v) is 5.26. The lowest BCUT2D eigenvalue weighted by atomic mass is 9.86. The normalized spacial score (nSPS) is 22.6. The standard InChI is InChI=1S/C23H33N7O2/c1-15-29(14-18-22(30(15)31)21(27-26-18)16-6-4-3-5-7-16)19-8-9-20(25-23(19)32-2)28-12-10-17(24)11-13-28/h8-9,14-17,31H,3-7,10-13,24H2,1-2H3/p+1. The van der Waals surface area contributed by atoms with Gasteiger partial charge in [0.1, 0.15) is 11.5 Å². The van der Waals surface area contributed by atoms with Gasteiger partial charge in [0.25, 0.3) is 17.7 Å². The molecule has 4 N–H and O–H groups in total. The van der Waals surface area contributed by atoms with Gasteiger partial charge in [0.05, 0.1) is 12.8 Å². The quantitative estimate of drug-likeness (QED) is 0.627. The monoisotopic (exact) mass is 440 g/mol. The molecule has 9 nitrogen and oxygen atoms in total. The third-order valence-corrected chi connectivity index (χ3v) is 7.22. The van der Waals surface area contributed by atoms with E-state index < -0.39 is 0 Å². The van der Waals surface area contributed by atoms with Crippen LogP contribution in [0.2, 0.25) is 0 Å². The SMILES string of the molecule is COc1nc(N2CCC(N)CC2)ccc1[N+]1=Cc2n[nH]c(C3CCCCC3)c2N(O)C1C. The molecule has 2 aromatic heterocycles. The van der Waals surface area contributed by atoms with Gasteiger partial charge in [-0.1, -0.05) is 19.3 Å². The zero-order chi connectivity index (χ0) is 22.2. The van der Waals surface area contributed by atoms with Crippen LogP contribution < -0.4 is 20.4 Å². The number of fused-ring (bicyclic) bond motifs is 1. The van der Waals surface area contributed by atoms with Crippen LogP contribution in [0.4, 0.5) is 17.2 Å². The Kier molecular flexibility index (Phi) is 5.77. The largest absolute Gasteiger partial charge is 0.476 e. The molecule has 2 fully saturated rings. The Balaban J connectivity index is 1.47. The first-order valence-electron chi connectivity index (χ1n) is 11.8. The van der Waals surface area contributed by atoms with Gasteiger partial charge in [-0.3, -0.25) is 10.3 Å². The predicted molar refractivity (Wildman–Crippen MR) is 123 cm³/mol. The van der Waals surface area contributed by atoms with Crippen LogP contribution in [0.25, 0.3) is 0 Å². The molecule has 3 aliphatic rings. The van der Waals surface area contributed by atoms with Gasteiger partial charge in [-0.15, -0.1) is 0 Å². The van der Waals surface area contributed by atoms with Crippen molar-refractivity contribution in [1.29, 1.82) is 0 Å². The van der Waals surface area contributed by atoms with Crippen LogP contribution in [-0.2, 0) is 0 Å². The number of nitrogens with one attached hydrogen (secondary N) is 1. The van der Waals surface area contributed by atoms with E-state index in [-0.39, 0.29) is 12.2 Å². The molecule has 9 heteroatoms. The fraction of sp³-hybridized carbons (Fsp3) is 0.609. The van der Waals surface area contributed by atoms with Crippen LogP contribution in [0.3, 0.4) is 0 Å². The molecule has 1 aliphatic carbocycles. The smallest absolute Gasteiger partial charge is 0.289 e. The Morgan fingerprint density at radius 1 is 1.16 bits per heavy atom. The minimum atomic E-state index is -0.322. The summed E-state index contributed by atoms with van der Waals surface area (Å²) in [6, 6.07) is 4.30. The number of aromatic nitrogens is 3. The number of ether oxygens (including phenoxy) is 1. The maximum absolute atomic E-state index is 11.1. The van der Waals surface area contributed by atoms with Crippen molar-refractivity contribution in [2.45, 2.75) is 70.0 Å². The van der Waals surface area contributed by atoms with E-state index in [0.717, 1.165) is 67.4 Å². The number of pyridine rings is 1. The summed E-state index contributed by atoms with van der Waals surface area (Å²) in [7, 11) is 1.63. The summed E-state index contributed by atoms with van der Waals surface area (Å²) in [5.41, 5.74) is 9.43. The van der Waals surface area contributed by atoms with Crippen LogP contribution >= 0.6 is 0 Å². The first kappa shape index (κ1) is 21.2. The van der Waals surface area contributed by atoms with Crippen LogP contribution in [0, 0.1) is 0 Å². The lowest BCUT2D eigenvalue weighted by Gasteiger charge is -2.31. The Hall–Kier alpha value is -2.65. The van der Waals surface area contributed by atoms with E-state index in [1.165, 1.54) is 24.3 Å². The molecule has 1 unspecified atom stereocenters. The van der Waals surface area contributed by atoms with Crippen molar-refractivity contribution in [3.63, 3.8) is 0 Å². The van der Waals surface area contributed by atoms with E-state index in [0.29, 0.717) is 11.8 Å². The number of anilines is 2. The minimum Gasteiger partial charge on any atom is -0.476 e. The van der Waals surface area contributed by atoms with Crippen LogP contribution in [0.15, 0.2) is 12.1 Å². The molecule has 172 valence electrons. The second-order valence-electron chi connectivity index (χ2n) is 9.24. The zero-order valence-electron chi connectivity index (χ0n) is 19.0. The highest BCUT2D eigenvalue weighted by Crippen LogP contribution is 2.40. The van der Waals surface area contributed by atoms with Gasteiger partial charge in [-0.25, -0.2) is 0 Å². The lowest BCUT2D eigenvalue weighted by molar-refractivity contribution is -0.486. The number of piperidine rings is 1. The Morgan fingerprint density at radius 3 is 2.62 bits per heavy atom. The molecular formula is C23H34N7O2+. The third-order valence-electron chi connectivity index (χ3n) is 7.22. The highest BCUT2D eigenvalue weighted by molar-refractivity contribution is 5.85. The summed E-state index contributed by atoms with van der Waals surface area (Å²) in [4.78, 5) is 7.03. The van der Waals surface area contributed by atoms with Gasteiger partial charge in [0.15, 0.2) is 5.69 Å². The third kappa shape index (κ3) is 3.73. The molecule has 5 rings (SSSR count). The summed E-state index contributed by atoms with van der Waals surface area (Å²) in [6.45, 7) is 3.76. The molecule has 0 amide bonds. The van der Waals surface area contributed by atoms with Crippen molar-refractivity contribution in [1.82, 2.24) is 15.2 Å². The second kappa shape index (κ2) is 8.71. The van der Waals surface area contributed by atoms with E-state index in [9.17, 15) is 5.21 Å². The second-order valence-corrected chi connectivity index (χ2v) is 9.24. The molecule has 32 heavy (non-hydrogen) atoms. The van der Waals surface area contributed by atoms with Gasteiger partial charge < -0.3 is 15.4 Å². The average Bonchev–Trinajstić information content (AvgIpc) is 3.26. The number of H-pyrrole nitrogens is 1. The van der Waals surface area contributed by atoms with Crippen LogP contribution in [-0.4, -0.2) is 63.6 Å². The molecular weight excluding hydrogens is 406 g/mol. The number of hydroxylamine groups is 1. The first-order chi connectivity index (χ1) is 15.6.